The number of carbonyl (C=O) groups is 1. The van der Waals surface area contributed by atoms with Gasteiger partial charge in [-0.25, -0.2) is 0 Å². The van der Waals surface area contributed by atoms with Gasteiger partial charge in [0.2, 0.25) is 0 Å². The van der Waals surface area contributed by atoms with Crippen LogP contribution in [0.1, 0.15) is 23.7 Å². The molecule has 0 bridgehead atoms. The highest BCUT2D eigenvalue weighted by molar-refractivity contribution is 5.95. The van der Waals surface area contributed by atoms with Crippen LogP contribution in [0.4, 0.5) is 0 Å². The number of hydrogen-bond donors (Lipinski definition) is 0. The number of nitrogens with zero attached hydrogens (tertiary/aromatic N) is 1. The number of aromatic nitrogens is 1. The van der Waals surface area contributed by atoms with Crippen LogP contribution in [-0.4, -0.2) is 17.0 Å². The lowest BCUT2D eigenvalue weighted by atomic mass is 10.1. The van der Waals surface area contributed by atoms with Crippen LogP contribution in [-0.2, 0) is 6.54 Å². The van der Waals surface area contributed by atoms with Crippen LogP contribution in [0, 0.1) is 0 Å². The largest absolute Gasteiger partial charge is 0.488 e. The number of pyridine rings is 1. The van der Waals surface area contributed by atoms with E-state index in [4.69, 9.17) is 4.74 Å². The predicted molar refractivity (Wildman–Crippen MR) is 77.3 cm³/mol. The summed E-state index contributed by atoms with van der Waals surface area (Å²) in [5, 5.41) is 0. The lowest BCUT2D eigenvalue weighted by Crippen LogP contribution is -2.25. The standard InChI is InChI=1S/C16H17NO3/c1-2-11-20-15-9-6-10-17(16(15)19)12-14(18)13-7-4-3-5-8-13/h3-10H,2,11-12H2,1H3. The molecule has 0 saturated heterocycles. The van der Waals surface area contributed by atoms with E-state index < -0.39 is 0 Å². The topological polar surface area (TPSA) is 48.3 Å². The Bertz CT molecular complexity index is 632. The van der Waals surface area contributed by atoms with Gasteiger partial charge in [0.05, 0.1) is 13.2 Å². The second kappa shape index (κ2) is 6.70. The highest BCUT2D eigenvalue weighted by Gasteiger charge is 2.09. The van der Waals surface area contributed by atoms with Crippen LogP contribution in [0.25, 0.3) is 0 Å². The summed E-state index contributed by atoms with van der Waals surface area (Å²) in [6.07, 6.45) is 2.43. The summed E-state index contributed by atoms with van der Waals surface area (Å²) >= 11 is 0. The van der Waals surface area contributed by atoms with Gasteiger partial charge >= 0.3 is 0 Å². The molecular weight excluding hydrogens is 254 g/mol. The summed E-state index contributed by atoms with van der Waals surface area (Å²) < 4.78 is 6.74. The number of Topliss-reactive ketones (excluding diaryl/α,β-unsaturated/α-hetero) is 1. The van der Waals surface area contributed by atoms with Crippen molar-refractivity contribution in [2.75, 3.05) is 6.61 Å². The first-order chi connectivity index (χ1) is 9.72. The second-order valence-corrected chi connectivity index (χ2v) is 4.44. The van der Waals surface area contributed by atoms with E-state index in [-0.39, 0.29) is 23.6 Å². The van der Waals surface area contributed by atoms with Gasteiger partial charge in [0.25, 0.3) is 5.56 Å². The molecule has 0 N–H and O–H groups in total. The van der Waals surface area contributed by atoms with Gasteiger partial charge in [-0.1, -0.05) is 37.3 Å². The van der Waals surface area contributed by atoms with Gasteiger partial charge in [-0.2, -0.15) is 0 Å². The zero-order valence-electron chi connectivity index (χ0n) is 11.4. The summed E-state index contributed by atoms with van der Waals surface area (Å²) in [5.41, 5.74) is 0.324. The van der Waals surface area contributed by atoms with E-state index >= 15 is 0 Å². The zero-order valence-corrected chi connectivity index (χ0v) is 11.4. The SMILES string of the molecule is CCCOc1cccn(CC(=O)c2ccccc2)c1=O. The molecule has 104 valence electrons. The molecule has 0 amide bonds. The molecule has 0 fully saturated rings. The molecule has 1 aromatic carbocycles. The number of rotatable bonds is 6. The lowest BCUT2D eigenvalue weighted by molar-refractivity contribution is 0.0970. The maximum atomic E-state index is 12.1. The minimum absolute atomic E-state index is 0.0200. The van der Waals surface area contributed by atoms with Crippen molar-refractivity contribution in [1.82, 2.24) is 4.57 Å². The molecule has 0 aliphatic heterocycles. The lowest BCUT2D eigenvalue weighted by Gasteiger charge is -2.08. The van der Waals surface area contributed by atoms with Crippen molar-refractivity contribution in [2.45, 2.75) is 19.9 Å². The molecule has 4 heteroatoms. The highest BCUT2D eigenvalue weighted by Crippen LogP contribution is 2.05. The zero-order chi connectivity index (χ0) is 14.4. The van der Waals surface area contributed by atoms with Crippen molar-refractivity contribution in [3.8, 4) is 5.75 Å². The third-order valence-electron chi connectivity index (χ3n) is 2.86. The third-order valence-corrected chi connectivity index (χ3v) is 2.86. The number of ether oxygens (including phenoxy) is 1. The molecule has 0 radical (unpaired) electrons. The van der Waals surface area contributed by atoms with Crippen LogP contribution in [0.2, 0.25) is 0 Å². The average Bonchev–Trinajstić information content (AvgIpc) is 2.49. The van der Waals surface area contributed by atoms with Crippen molar-refractivity contribution in [3.63, 3.8) is 0 Å². The fraction of sp³-hybridized carbons (Fsp3) is 0.250. The van der Waals surface area contributed by atoms with E-state index in [0.29, 0.717) is 12.2 Å². The van der Waals surface area contributed by atoms with Crippen molar-refractivity contribution in [1.29, 1.82) is 0 Å². The van der Waals surface area contributed by atoms with Gasteiger partial charge in [0.15, 0.2) is 11.5 Å². The summed E-state index contributed by atoms with van der Waals surface area (Å²) in [6, 6.07) is 12.3. The van der Waals surface area contributed by atoms with Crippen LogP contribution in [0.15, 0.2) is 53.5 Å². The van der Waals surface area contributed by atoms with E-state index in [1.807, 2.05) is 13.0 Å². The Kier molecular flexibility index (Phi) is 4.71. The average molecular weight is 271 g/mol. The fourth-order valence-electron chi connectivity index (χ4n) is 1.83. The summed E-state index contributed by atoms with van der Waals surface area (Å²) in [4.78, 5) is 24.2. The maximum absolute atomic E-state index is 12.1. The molecule has 1 aromatic heterocycles. The molecule has 4 nitrogen and oxygen atoms in total. The molecule has 20 heavy (non-hydrogen) atoms. The van der Waals surface area contributed by atoms with Gasteiger partial charge in [-0.3, -0.25) is 9.59 Å². The summed E-state index contributed by atoms with van der Waals surface area (Å²) in [7, 11) is 0. The number of ketones is 1. The molecule has 0 unspecified atom stereocenters. The van der Waals surface area contributed by atoms with Gasteiger partial charge in [-0.05, 0) is 18.6 Å². The molecule has 0 aliphatic carbocycles. The van der Waals surface area contributed by atoms with Crippen molar-refractivity contribution >= 4 is 5.78 Å². The van der Waals surface area contributed by atoms with E-state index in [1.165, 1.54) is 4.57 Å². The van der Waals surface area contributed by atoms with Crippen LogP contribution in [0.5, 0.6) is 5.75 Å². The minimum Gasteiger partial charge on any atom is -0.488 e. The van der Waals surface area contributed by atoms with E-state index in [0.717, 1.165) is 6.42 Å². The molecule has 0 atom stereocenters. The first-order valence-corrected chi connectivity index (χ1v) is 6.63. The molecule has 1 heterocycles. The third kappa shape index (κ3) is 3.35. The van der Waals surface area contributed by atoms with Crippen molar-refractivity contribution < 1.29 is 9.53 Å². The molecular formula is C16H17NO3. The molecule has 0 saturated carbocycles. The van der Waals surface area contributed by atoms with Gasteiger partial charge in [0.1, 0.15) is 0 Å². The van der Waals surface area contributed by atoms with Crippen LogP contribution < -0.4 is 10.3 Å². The van der Waals surface area contributed by atoms with Gasteiger partial charge < -0.3 is 9.30 Å². The van der Waals surface area contributed by atoms with Crippen LogP contribution in [0.3, 0.4) is 0 Å². The van der Waals surface area contributed by atoms with Crippen LogP contribution >= 0.6 is 0 Å². The molecule has 2 rings (SSSR count). The minimum atomic E-state index is -0.273. The molecule has 0 aliphatic rings. The Hall–Kier alpha value is -2.36. The monoisotopic (exact) mass is 271 g/mol. The predicted octanol–water partition coefficient (Wildman–Crippen LogP) is 2.52. The highest BCUT2D eigenvalue weighted by atomic mass is 16.5. The van der Waals surface area contributed by atoms with Crippen molar-refractivity contribution in [2.24, 2.45) is 0 Å². The first-order valence-electron chi connectivity index (χ1n) is 6.63. The van der Waals surface area contributed by atoms with E-state index in [1.54, 1.807) is 42.6 Å². The van der Waals surface area contributed by atoms with E-state index in [2.05, 4.69) is 0 Å². The molecule has 0 spiro atoms. The van der Waals surface area contributed by atoms with Gasteiger partial charge in [0, 0.05) is 11.8 Å². The Morgan fingerprint density at radius 3 is 2.60 bits per heavy atom. The smallest absolute Gasteiger partial charge is 0.293 e. The first kappa shape index (κ1) is 14.1. The second-order valence-electron chi connectivity index (χ2n) is 4.44. The Morgan fingerprint density at radius 2 is 1.90 bits per heavy atom. The van der Waals surface area contributed by atoms with Crippen molar-refractivity contribution in [3.05, 3.63) is 64.6 Å². The maximum Gasteiger partial charge on any atom is 0.293 e. The number of benzene rings is 1. The Balaban J connectivity index is 2.18. The Morgan fingerprint density at radius 1 is 1.15 bits per heavy atom. The van der Waals surface area contributed by atoms with Gasteiger partial charge in [-0.15, -0.1) is 0 Å². The number of hydrogen-bond acceptors (Lipinski definition) is 3. The molecule has 2 aromatic rings. The Labute approximate surface area is 117 Å². The summed E-state index contributed by atoms with van der Waals surface area (Å²) in [6.45, 7) is 2.48. The number of carbonyl (C=O) groups excluding carboxylic acids is 1. The fourth-order valence-corrected chi connectivity index (χ4v) is 1.83. The quantitative estimate of drug-likeness (QED) is 0.758. The van der Waals surface area contributed by atoms with E-state index in [9.17, 15) is 9.59 Å². The normalized spacial score (nSPS) is 10.2. The summed E-state index contributed by atoms with van der Waals surface area (Å²) in [5.74, 6) is 0.190.